The molecule has 1 aliphatic heterocycles. The number of hydrogen-bond acceptors (Lipinski definition) is 4. The highest BCUT2D eigenvalue weighted by Crippen LogP contribution is 2.24. The molecular formula is C15H22N2O3. The van der Waals surface area contributed by atoms with E-state index in [0.29, 0.717) is 26.3 Å². The predicted octanol–water partition coefficient (Wildman–Crippen LogP) is 0.786. The Morgan fingerprint density at radius 3 is 3.10 bits per heavy atom. The van der Waals surface area contributed by atoms with Gasteiger partial charge in [0.1, 0.15) is 0 Å². The van der Waals surface area contributed by atoms with E-state index in [-0.39, 0.29) is 18.4 Å². The third kappa shape index (κ3) is 4.21. The minimum absolute atomic E-state index is 0.0109. The van der Waals surface area contributed by atoms with Crippen molar-refractivity contribution in [2.75, 3.05) is 38.2 Å². The Balaban J connectivity index is 1.69. The average Bonchev–Trinajstić information content (AvgIpc) is 2.50. The van der Waals surface area contributed by atoms with E-state index < -0.39 is 0 Å². The SMILES string of the molecule is O=C(NCCCOCCO)C1CNc2ccccc2C1. The lowest BCUT2D eigenvalue weighted by molar-refractivity contribution is -0.124. The maximum atomic E-state index is 12.1. The first kappa shape index (κ1) is 14.8. The fourth-order valence-corrected chi connectivity index (χ4v) is 2.32. The van der Waals surface area contributed by atoms with Crippen LogP contribution in [0, 0.1) is 5.92 Å². The van der Waals surface area contributed by atoms with Gasteiger partial charge in [-0.25, -0.2) is 0 Å². The molecule has 0 radical (unpaired) electrons. The summed E-state index contributed by atoms with van der Waals surface area (Å²) in [5, 5.41) is 14.8. The van der Waals surface area contributed by atoms with Gasteiger partial charge < -0.3 is 20.5 Å². The fraction of sp³-hybridized carbons (Fsp3) is 0.533. The third-order valence-corrected chi connectivity index (χ3v) is 3.39. The van der Waals surface area contributed by atoms with Crippen molar-refractivity contribution in [2.45, 2.75) is 12.8 Å². The van der Waals surface area contributed by atoms with Gasteiger partial charge in [-0.15, -0.1) is 0 Å². The first-order chi connectivity index (χ1) is 9.81. The second-order valence-corrected chi connectivity index (χ2v) is 4.92. The molecule has 0 aromatic heterocycles. The summed E-state index contributed by atoms with van der Waals surface area (Å²) in [6.07, 6.45) is 1.55. The van der Waals surface area contributed by atoms with Gasteiger partial charge in [-0.05, 0) is 24.5 Å². The predicted molar refractivity (Wildman–Crippen MR) is 77.7 cm³/mol. The quantitative estimate of drug-likeness (QED) is 0.645. The number of aliphatic hydroxyl groups excluding tert-OH is 1. The van der Waals surface area contributed by atoms with Gasteiger partial charge in [0.15, 0.2) is 0 Å². The molecule has 1 aromatic rings. The van der Waals surface area contributed by atoms with Crippen molar-refractivity contribution in [3.8, 4) is 0 Å². The summed E-state index contributed by atoms with van der Waals surface area (Å²) >= 11 is 0. The number of rotatable bonds is 7. The minimum Gasteiger partial charge on any atom is -0.394 e. The molecular weight excluding hydrogens is 256 g/mol. The van der Waals surface area contributed by atoms with Crippen LogP contribution in [-0.2, 0) is 16.0 Å². The molecule has 3 N–H and O–H groups in total. The number of carbonyl (C=O) groups is 1. The Bertz CT molecular complexity index is 437. The zero-order valence-electron chi connectivity index (χ0n) is 11.6. The standard InChI is InChI=1S/C15H22N2O3/c18-7-9-20-8-3-6-16-15(19)13-10-12-4-1-2-5-14(12)17-11-13/h1-2,4-5,13,17-18H,3,6-11H2,(H,16,19). The molecule has 1 amide bonds. The van der Waals surface area contributed by atoms with Gasteiger partial charge >= 0.3 is 0 Å². The highest BCUT2D eigenvalue weighted by molar-refractivity contribution is 5.80. The fourth-order valence-electron chi connectivity index (χ4n) is 2.32. The van der Waals surface area contributed by atoms with E-state index >= 15 is 0 Å². The van der Waals surface area contributed by atoms with E-state index in [1.54, 1.807) is 0 Å². The molecule has 0 saturated carbocycles. The molecule has 1 unspecified atom stereocenters. The molecule has 5 heteroatoms. The number of aliphatic hydroxyl groups is 1. The van der Waals surface area contributed by atoms with Crippen molar-refractivity contribution in [1.82, 2.24) is 5.32 Å². The average molecular weight is 278 g/mol. The summed E-state index contributed by atoms with van der Waals surface area (Å²) in [7, 11) is 0. The molecule has 20 heavy (non-hydrogen) atoms. The van der Waals surface area contributed by atoms with Gasteiger partial charge in [0.25, 0.3) is 0 Å². The minimum atomic E-state index is -0.0109. The van der Waals surface area contributed by atoms with E-state index in [2.05, 4.69) is 16.7 Å². The lowest BCUT2D eigenvalue weighted by atomic mass is 9.93. The van der Waals surface area contributed by atoms with Crippen LogP contribution >= 0.6 is 0 Å². The molecule has 5 nitrogen and oxygen atoms in total. The third-order valence-electron chi connectivity index (χ3n) is 3.39. The maximum Gasteiger partial charge on any atom is 0.225 e. The van der Waals surface area contributed by atoms with Crippen LogP contribution in [0.4, 0.5) is 5.69 Å². The summed E-state index contributed by atoms with van der Waals surface area (Å²) in [5.41, 5.74) is 2.33. The number of anilines is 1. The first-order valence-electron chi connectivity index (χ1n) is 7.09. The van der Waals surface area contributed by atoms with Crippen LogP contribution in [0.3, 0.4) is 0 Å². The van der Waals surface area contributed by atoms with E-state index in [4.69, 9.17) is 9.84 Å². The number of carbonyl (C=O) groups excluding carboxylic acids is 1. The molecule has 0 saturated heterocycles. The van der Waals surface area contributed by atoms with Crippen LogP contribution in [0.25, 0.3) is 0 Å². The Morgan fingerprint density at radius 1 is 1.40 bits per heavy atom. The molecule has 0 aliphatic carbocycles. The van der Waals surface area contributed by atoms with Gasteiger partial charge in [0.2, 0.25) is 5.91 Å². The molecule has 0 bridgehead atoms. The number of hydrogen-bond donors (Lipinski definition) is 3. The van der Waals surface area contributed by atoms with Gasteiger partial charge in [-0.3, -0.25) is 4.79 Å². The second-order valence-electron chi connectivity index (χ2n) is 4.92. The molecule has 1 aromatic carbocycles. The van der Waals surface area contributed by atoms with Crippen LogP contribution in [0.1, 0.15) is 12.0 Å². The van der Waals surface area contributed by atoms with Crippen LogP contribution in [-0.4, -0.2) is 43.9 Å². The Morgan fingerprint density at radius 2 is 2.25 bits per heavy atom. The Hall–Kier alpha value is -1.59. The van der Waals surface area contributed by atoms with Crippen molar-refractivity contribution >= 4 is 11.6 Å². The van der Waals surface area contributed by atoms with Crippen LogP contribution in [0.15, 0.2) is 24.3 Å². The largest absolute Gasteiger partial charge is 0.394 e. The zero-order valence-corrected chi connectivity index (χ0v) is 11.6. The van der Waals surface area contributed by atoms with Crippen LogP contribution < -0.4 is 10.6 Å². The summed E-state index contributed by atoms with van der Waals surface area (Å²) in [5.74, 6) is 0.0809. The number of para-hydroxylation sites is 1. The molecule has 0 fully saturated rings. The summed E-state index contributed by atoms with van der Waals surface area (Å²) in [6.45, 7) is 2.26. The lowest BCUT2D eigenvalue weighted by Crippen LogP contribution is -2.38. The molecule has 110 valence electrons. The van der Waals surface area contributed by atoms with Gasteiger partial charge in [-0.1, -0.05) is 18.2 Å². The van der Waals surface area contributed by atoms with Crippen molar-refractivity contribution in [2.24, 2.45) is 5.92 Å². The van der Waals surface area contributed by atoms with Crippen molar-refractivity contribution in [1.29, 1.82) is 0 Å². The number of benzene rings is 1. The van der Waals surface area contributed by atoms with E-state index in [1.807, 2.05) is 18.2 Å². The smallest absolute Gasteiger partial charge is 0.225 e. The summed E-state index contributed by atoms with van der Waals surface area (Å²) in [4.78, 5) is 12.1. The number of nitrogens with one attached hydrogen (secondary N) is 2. The number of ether oxygens (including phenoxy) is 1. The second kappa shape index (κ2) is 7.87. The van der Waals surface area contributed by atoms with Crippen LogP contribution in [0.2, 0.25) is 0 Å². The van der Waals surface area contributed by atoms with Crippen molar-refractivity contribution in [3.63, 3.8) is 0 Å². The summed E-state index contributed by atoms with van der Waals surface area (Å²) < 4.78 is 5.14. The molecule has 1 aliphatic rings. The Kier molecular flexibility index (Phi) is 5.83. The number of fused-ring (bicyclic) bond motifs is 1. The first-order valence-corrected chi connectivity index (χ1v) is 7.09. The maximum absolute atomic E-state index is 12.1. The Labute approximate surface area is 119 Å². The van der Waals surface area contributed by atoms with E-state index in [1.165, 1.54) is 5.56 Å². The van der Waals surface area contributed by atoms with Crippen LogP contribution in [0.5, 0.6) is 0 Å². The summed E-state index contributed by atoms with van der Waals surface area (Å²) in [6, 6.07) is 8.10. The normalized spacial score (nSPS) is 17.1. The topological polar surface area (TPSA) is 70.6 Å². The molecule has 1 heterocycles. The van der Waals surface area contributed by atoms with E-state index in [9.17, 15) is 4.79 Å². The lowest BCUT2D eigenvalue weighted by Gasteiger charge is -2.25. The van der Waals surface area contributed by atoms with Gasteiger partial charge in [-0.2, -0.15) is 0 Å². The zero-order chi connectivity index (χ0) is 14.2. The monoisotopic (exact) mass is 278 g/mol. The van der Waals surface area contributed by atoms with E-state index in [0.717, 1.165) is 18.5 Å². The van der Waals surface area contributed by atoms with Gasteiger partial charge in [0, 0.05) is 25.4 Å². The number of amides is 1. The molecule has 0 spiro atoms. The van der Waals surface area contributed by atoms with Crippen molar-refractivity contribution in [3.05, 3.63) is 29.8 Å². The molecule has 2 rings (SSSR count). The van der Waals surface area contributed by atoms with Gasteiger partial charge in [0.05, 0.1) is 19.1 Å². The highest BCUT2D eigenvalue weighted by Gasteiger charge is 2.23. The van der Waals surface area contributed by atoms with Crippen molar-refractivity contribution < 1.29 is 14.6 Å². The molecule has 1 atom stereocenters. The highest BCUT2D eigenvalue weighted by atomic mass is 16.5.